The highest BCUT2D eigenvalue weighted by molar-refractivity contribution is 5.80. The van der Waals surface area contributed by atoms with Crippen molar-refractivity contribution < 1.29 is 14.8 Å². The van der Waals surface area contributed by atoms with Crippen molar-refractivity contribution in [2.45, 2.75) is 39.3 Å². The Bertz CT molecular complexity index is 517. The van der Waals surface area contributed by atoms with Gasteiger partial charge in [0.05, 0.1) is 31.9 Å². The summed E-state index contributed by atoms with van der Waals surface area (Å²) in [5.74, 6) is 0.433. The highest BCUT2D eigenvalue weighted by atomic mass is 16.3. The fraction of sp³-hybridized carbons (Fsp3) is 0.588. The van der Waals surface area contributed by atoms with E-state index >= 15 is 0 Å². The summed E-state index contributed by atoms with van der Waals surface area (Å²) in [6.45, 7) is 11.5. The molecule has 0 unspecified atom stereocenters. The number of phenols is 1. The summed E-state index contributed by atoms with van der Waals surface area (Å²) in [6, 6.07) is 7.38. The van der Waals surface area contributed by atoms with Gasteiger partial charge in [-0.2, -0.15) is 0 Å². The fourth-order valence-electron chi connectivity index (χ4n) is 2.86. The molecule has 22 heavy (non-hydrogen) atoms. The number of rotatable bonds is 3. The first-order valence-electron chi connectivity index (χ1n) is 7.97. The van der Waals surface area contributed by atoms with Crippen LogP contribution in [0.25, 0.3) is 0 Å². The van der Waals surface area contributed by atoms with E-state index < -0.39 is 0 Å². The van der Waals surface area contributed by atoms with Gasteiger partial charge in [-0.1, -0.05) is 12.1 Å². The Labute approximate surface area is 132 Å². The van der Waals surface area contributed by atoms with E-state index in [1.807, 2.05) is 45.9 Å². The van der Waals surface area contributed by atoms with Gasteiger partial charge in [0, 0.05) is 5.54 Å². The molecule has 0 aliphatic carbocycles. The van der Waals surface area contributed by atoms with Crippen LogP contribution in [0.2, 0.25) is 0 Å². The maximum atomic E-state index is 12.3. The van der Waals surface area contributed by atoms with E-state index in [0.29, 0.717) is 5.75 Å². The maximum Gasteiger partial charge on any atom is 0.278 e. The molecule has 1 fully saturated rings. The number of hydrogen-bond acceptors (Lipinski definition) is 3. The molecule has 5 heteroatoms. The van der Waals surface area contributed by atoms with Gasteiger partial charge in [-0.3, -0.25) is 4.79 Å². The number of amides is 1. The van der Waals surface area contributed by atoms with Gasteiger partial charge in [-0.15, -0.1) is 0 Å². The molecule has 0 radical (unpaired) electrons. The number of anilines is 1. The second-order valence-corrected chi connectivity index (χ2v) is 7.09. The van der Waals surface area contributed by atoms with Gasteiger partial charge in [-0.25, -0.2) is 0 Å². The SMILES string of the molecule is C[C@@H](C(=O)NC(C)(C)C)[NH+]1CCN(c2ccccc2O)CC1. The zero-order chi connectivity index (χ0) is 16.3. The Hall–Kier alpha value is -1.75. The molecule has 1 aliphatic heterocycles. The molecule has 1 heterocycles. The highest BCUT2D eigenvalue weighted by Gasteiger charge is 2.31. The average Bonchev–Trinajstić information content (AvgIpc) is 2.45. The molecule has 1 amide bonds. The largest absolute Gasteiger partial charge is 0.506 e. The molecule has 0 aromatic heterocycles. The van der Waals surface area contributed by atoms with Gasteiger partial charge >= 0.3 is 0 Å². The smallest absolute Gasteiger partial charge is 0.278 e. The third-order valence-electron chi connectivity index (χ3n) is 4.13. The average molecular weight is 306 g/mol. The van der Waals surface area contributed by atoms with Crippen molar-refractivity contribution in [2.75, 3.05) is 31.1 Å². The van der Waals surface area contributed by atoms with E-state index in [-0.39, 0.29) is 17.5 Å². The highest BCUT2D eigenvalue weighted by Crippen LogP contribution is 2.25. The molecule has 0 saturated carbocycles. The standard InChI is InChI=1S/C17H27N3O2/c1-13(16(22)18-17(2,3)4)19-9-11-20(12-10-19)14-7-5-6-8-15(14)21/h5-8,13,21H,9-12H2,1-4H3,(H,18,22)/p+1/t13-/m0/s1. The second-order valence-electron chi connectivity index (χ2n) is 7.09. The molecular formula is C17H28N3O2+. The number of aromatic hydroxyl groups is 1. The van der Waals surface area contributed by atoms with Crippen LogP contribution in [0.5, 0.6) is 5.75 Å². The molecule has 1 aromatic rings. The topological polar surface area (TPSA) is 57.0 Å². The van der Waals surface area contributed by atoms with Crippen LogP contribution in [0.4, 0.5) is 5.69 Å². The van der Waals surface area contributed by atoms with Gasteiger partial charge in [-0.05, 0) is 39.8 Å². The Balaban J connectivity index is 1.92. The van der Waals surface area contributed by atoms with E-state index in [1.165, 1.54) is 4.90 Å². The van der Waals surface area contributed by atoms with Gasteiger partial charge < -0.3 is 20.2 Å². The molecular weight excluding hydrogens is 278 g/mol. The molecule has 2 rings (SSSR count). The molecule has 1 saturated heterocycles. The second kappa shape index (κ2) is 6.57. The number of nitrogens with zero attached hydrogens (tertiary/aromatic N) is 1. The summed E-state index contributed by atoms with van der Waals surface area (Å²) in [7, 11) is 0. The summed E-state index contributed by atoms with van der Waals surface area (Å²) >= 11 is 0. The van der Waals surface area contributed by atoms with Crippen molar-refractivity contribution in [2.24, 2.45) is 0 Å². The minimum Gasteiger partial charge on any atom is -0.506 e. The number of carbonyl (C=O) groups excluding carboxylic acids is 1. The fourth-order valence-corrected chi connectivity index (χ4v) is 2.86. The molecule has 122 valence electrons. The number of carbonyl (C=O) groups is 1. The van der Waals surface area contributed by atoms with E-state index in [0.717, 1.165) is 31.9 Å². The lowest BCUT2D eigenvalue weighted by Gasteiger charge is -2.36. The van der Waals surface area contributed by atoms with E-state index in [4.69, 9.17) is 0 Å². The number of piperazine rings is 1. The molecule has 3 N–H and O–H groups in total. The van der Waals surface area contributed by atoms with Crippen LogP contribution in [0.1, 0.15) is 27.7 Å². The number of nitrogens with one attached hydrogen (secondary N) is 2. The monoisotopic (exact) mass is 306 g/mol. The van der Waals surface area contributed by atoms with Crippen molar-refractivity contribution in [1.29, 1.82) is 0 Å². The summed E-state index contributed by atoms with van der Waals surface area (Å²) in [4.78, 5) is 15.8. The lowest BCUT2D eigenvalue weighted by atomic mass is 10.1. The van der Waals surface area contributed by atoms with Crippen LogP contribution in [0, 0.1) is 0 Å². The van der Waals surface area contributed by atoms with Crippen LogP contribution in [-0.4, -0.2) is 48.8 Å². The van der Waals surface area contributed by atoms with Crippen molar-refractivity contribution in [3.63, 3.8) is 0 Å². The van der Waals surface area contributed by atoms with Gasteiger partial charge in [0.15, 0.2) is 6.04 Å². The summed E-state index contributed by atoms with van der Waals surface area (Å²) in [6.07, 6.45) is 0. The summed E-state index contributed by atoms with van der Waals surface area (Å²) in [5.41, 5.74) is 0.691. The lowest BCUT2D eigenvalue weighted by molar-refractivity contribution is -0.914. The van der Waals surface area contributed by atoms with E-state index in [1.54, 1.807) is 6.07 Å². The molecule has 1 aliphatic rings. The molecule has 5 nitrogen and oxygen atoms in total. The Morgan fingerprint density at radius 3 is 2.41 bits per heavy atom. The number of para-hydroxylation sites is 2. The quantitative estimate of drug-likeness (QED) is 0.758. The first-order valence-corrected chi connectivity index (χ1v) is 7.97. The van der Waals surface area contributed by atoms with Crippen LogP contribution in [0.15, 0.2) is 24.3 Å². The molecule has 0 spiro atoms. The van der Waals surface area contributed by atoms with Crippen molar-refractivity contribution in [1.82, 2.24) is 5.32 Å². The zero-order valence-corrected chi connectivity index (χ0v) is 14.0. The lowest BCUT2D eigenvalue weighted by Crippen LogP contribution is -3.19. The van der Waals surface area contributed by atoms with Crippen molar-refractivity contribution >= 4 is 11.6 Å². The predicted molar refractivity (Wildman–Crippen MR) is 88.4 cm³/mol. The number of phenolic OH excluding ortho intramolecular Hbond substituents is 1. The van der Waals surface area contributed by atoms with Crippen LogP contribution < -0.4 is 15.1 Å². The van der Waals surface area contributed by atoms with Crippen LogP contribution in [0.3, 0.4) is 0 Å². The van der Waals surface area contributed by atoms with Crippen molar-refractivity contribution in [3.05, 3.63) is 24.3 Å². The van der Waals surface area contributed by atoms with Gasteiger partial charge in [0.1, 0.15) is 5.75 Å². The molecule has 1 atom stereocenters. The van der Waals surface area contributed by atoms with Gasteiger partial charge in [0.2, 0.25) is 0 Å². The first-order chi connectivity index (χ1) is 10.3. The van der Waals surface area contributed by atoms with E-state index in [9.17, 15) is 9.90 Å². The van der Waals surface area contributed by atoms with Crippen molar-refractivity contribution in [3.8, 4) is 5.75 Å². The molecule has 1 aromatic carbocycles. The first kappa shape index (κ1) is 16.6. The Morgan fingerprint density at radius 2 is 1.86 bits per heavy atom. The maximum absolute atomic E-state index is 12.3. The Morgan fingerprint density at radius 1 is 1.27 bits per heavy atom. The third kappa shape index (κ3) is 4.13. The summed E-state index contributed by atoms with van der Waals surface area (Å²) < 4.78 is 0. The van der Waals surface area contributed by atoms with Crippen LogP contribution in [-0.2, 0) is 4.79 Å². The Kier molecular flexibility index (Phi) is 4.96. The summed E-state index contributed by atoms with van der Waals surface area (Å²) in [5, 5.41) is 13.0. The molecule has 0 bridgehead atoms. The van der Waals surface area contributed by atoms with Gasteiger partial charge in [0.25, 0.3) is 5.91 Å². The minimum atomic E-state index is -0.192. The van der Waals surface area contributed by atoms with Crippen LogP contribution >= 0.6 is 0 Å². The van der Waals surface area contributed by atoms with E-state index in [2.05, 4.69) is 10.2 Å². The number of quaternary nitrogens is 1. The number of benzene rings is 1. The zero-order valence-electron chi connectivity index (χ0n) is 14.0. The minimum absolute atomic E-state index is 0.0502. The number of hydrogen-bond donors (Lipinski definition) is 3. The normalized spacial score (nSPS) is 18.1. The predicted octanol–water partition coefficient (Wildman–Crippen LogP) is 0.400. The third-order valence-corrected chi connectivity index (χ3v) is 4.13.